The molecule has 0 fully saturated rings. The molecule has 2 rings (SSSR count). The van der Waals surface area contributed by atoms with Gasteiger partial charge in [-0.3, -0.25) is 0 Å². The highest BCUT2D eigenvalue weighted by atomic mass is 35.5. The monoisotopic (exact) mass is 294 g/mol. The summed E-state index contributed by atoms with van der Waals surface area (Å²) in [5, 5.41) is 9.92. The number of benzene rings is 2. The summed E-state index contributed by atoms with van der Waals surface area (Å²) < 4.78 is 18.7. The maximum Gasteiger partial charge on any atom is 0.138 e. The fourth-order valence-electron chi connectivity index (χ4n) is 1.87. The first-order valence-electron chi connectivity index (χ1n) is 6.32. The van der Waals surface area contributed by atoms with Crippen LogP contribution in [0.2, 0.25) is 5.02 Å². The second-order valence-corrected chi connectivity index (χ2v) is 5.13. The predicted octanol–water partition coefficient (Wildman–Crippen LogP) is 4.42. The van der Waals surface area contributed by atoms with Crippen LogP contribution in [-0.4, -0.2) is 5.11 Å². The third-order valence-corrected chi connectivity index (χ3v) is 3.42. The maximum absolute atomic E-state index is 13.0. The molecule has 20 heavy (non-hydrogen) atoms. The number of halogens is 2. The minimum atomic E-state index is -0.569. The van der Waals surface area contributed by atoms with Crippen molar-refractivity contribution in [2.45, 2.75) is 26.6 Å². The van der Waals surface area contributed by atoms with Crippen molar-refractivity contribution in [2.24, 2.45) is 0 Å². The average molecular weight is 295 g/mol. The van der Waals surface area contributed by atoms with Crippen molar-refractivity contribution >= 4 is 11.6 Å². The minimum Gasteiger partial charge on any atom is -0.487 e. The van der Waals surface area contributed by atoms with Crippen molar-refractivity contribution in [3.8, 4) is 5.75 Å². The second-order valence-electron chi connectivity index (χ2n) is 4.73. The van der Waals surface area contributed by atoms with E-state index in [2.05, 4.69) is 0 Å². The first kappa shape index (κ1) is 14.8. The van der Waals surface area contributed by atoms with Crippen molar-refractivity contribution in [1.29, 1.82) is 0 Å². The Kier molecular flexibility index (Phi) is 4.63. The first-order valence-corrected chi connectivity index (χ1v) is 6.70. The lowest BCUT2D eigenvalue weighted by atomic mass is 10.1. The van der Waals surface area contributed by atoms with Crippen LogP contribution >= 0.6 is 11.6 Å². The Balaban J connectivity index is 2.11. The zero-order valence-electron chi connectivity index (χ0n) is 11.4. The average Bonchev–Trinajstić information content (AvgIpc) is 2.38. The number of ether oxygens (including phenoxy) is 1. The molecular weight excluding hydrogens is 279 g/mol. The maximum atomic E-state index is 13.0. The molecule has 1 unspecified atom stereocenters. The first-order chi connectivity index (χ1) is 9.47. The summed E-state index contributed by atoms with van der Waals surface area (Å²) >= 11 is 6.11. The quantitative estimate of drug-likeness (QED) is 0.904. The van der Waals surface area contributed by atoms with Gasteiger partial charge < -0.3 is 9.84 Å². The van der Waals surface area contributed by atoms with Crippen LogP contribution in [0.3, 0.4) is 0 Å². The Bertz CT molecular complexity index is 611. The van der Waals surface area contributed by atoms with Gasteiger partial charge in [-0.1, -0.05) is 23.7 Å². The fraction of sp³-hybridized carbons (Fsp3) is 0.250. The standard InChI is InChI=1S/C16H16ClFO2/c1-10-7-14(18)5-3-13(10)9-20-16-6-4-12(11(2)19)8-15(16)17/h3-8,11,19H,9H2,1-2H3. The Morgan fingerprint density at radius 2 is 2.00 bits per heavy atom. The molecule has 2 aromatic rings. The molecule has 0 aliphatic heterocycles. The lowest BCUT2D eigenvalue weighted by molar-refractivity contribution is 0.199. The van der Waals surface area contributed by atoms with E-state index in [0.717, 1.165) is 16.7 Å². The smallest absolute Gasteiger partial charge is 0.138 e. The van der Waals surface area contributed by atoms with Crippen LogP contribution in [0.15, 0.2) is 36.4 Å². The molecule has 1 N–H and O–H groups in total. The van der Waals surface area contributed by atoms with E-state index < -0.39 is 6.10 Å². The van der Waals surface area contributed by atoms with Gasteiger partial charge in [0.1, 0.15) is 18.2 Å². The van der Waals surface area contributed by atoms with Crippen LogP contribution in [0.1, 0.15) is 29.7 Å². The molecule has 2 nitrogen and oxygen atoms in total. The number of hydrogen-bond acceptors (Lipinski definition) is 2. The number of rotatable bonds is 4. The summed E-state index contributed by atoms with van der Waals surface area (Å²) in [6.45, 7) is 3.83. The molecule has 0 amide bonds. The van der Waals surface area contributed by atoms with Gasteiger partial charge in [0.2, 0.25) is 0 Å². The van der Waals surface area contributed by atoms with Crippen molar-refractivity contribution in [3.63, 3.8) is 0 Å². The molecule has 0 spiro atoms. The number of aliphatic hydroxyl groups excluding tert-OH is 1. The number of aliphatic hydroxyl groups is 1. The minimum absolute atomic E-state index is 0.259. The Morgan fingerprint density at radius 3 is 2.60 bits per heavy atom. The molecule has 106 valence electrons. The summed E-state index contributed by atoms with van der Waals surface area (Å²) in [7, 11) is 0. The van der Waals surface area contributed by atoms with Gasteiger partial charge >= 0.3 is 0 Å². The van der Waals surface area contributed by atoms with Gasteiger partial charge in [-0.2, -0.15) is 0 Å². The van der Waals surface area contributed by atoms with Crippen LogP contribution in [0.4, 0.5) is 4.39 Å². The second kappa shape index (κ2) is 6.25. The molecule has 0 bridgehead atoms. The van der Waals surface area contributed by atoms with Gasteiger partial charge in [0.25, 0.3) is 0 Å². The van der Waals surface area contributed by atoms with Crippen LogP contribution in [0, 0.1) is 12.7 Å². The molecule has 0 aliphatic rings. The Morgan fingerprint density at radius 1 is 1.25 bits per heavy atom. The third-order valence-electron chi connectivity index (χ3n) is 3.13. The van der Waals surface area contributed by atoms with Crippen LogP contribution < -0.4 is 4.74 Å². The Labute approximate surface area is 122 Å². The van der Waals surface area contributed by atoms with E-state index in [1.165, 1.54) is 12.1 Å². The highest BCUT2D eigenvalue weighted by Gasteiger charge is 2.08. The van der Waals surface area contributed by atoms with Crippen molar-refractivity contribution < 1.29 is 14.2 Å². The Hall–Kier alpha value is -1.58. The highest BCUT2D eigenvalue weighted by molar-refractivity contribution is 6.32. The summed E-state index contributed by atoms with van der Waals surface area (Å²) in [6.07, 6.45) is -0.569. The lowest BCUT2D eigenvalue weighted by Crippen LogP contribution is -1.99. The largest absolute Gasteiger partial charge is 0.487 e. The van der Waals surface area contributed by atoms with E-state index in [0.29, 0.717) is 17.4 Å². The van der Waals surface area contributed by atoms with Gasteiger partial charge in [-0.05, 0) is 54.8 Å². The molecule has 0 saturated heterocycles. The van der Waals surface area contributed by atoms with E-state index in [-0.39, 0.29) is 5.82 Å². The van der Waals surface area contributed by atoms with E-state index in [9.17, 15) is 9.50 Å². The van der Waals surface area contributed by atoms with Crippen molar-refractivity contribution in [2.75, 3.05) is 0 Å². The van der Waals surface area contributed by atoms with E-state index in [4.69, 9.17) is 16.3 Å². The van der Waals surface area contributed by atoms with Gasteiger partial charge in [0.15, 0.2) is 0 Å². The summed E-state index contributed by atoms with van der Waals surface area (Å²) in [5.41, 5.74) is 2.48. The van der Waals surface area contributed by atoms with Crippen molar-refractivity contribution in [1.82, 2.24) is 0 Å². The molecule has 1 atom stereocenters. The predicted molar refractivity (Wildman–Crippen MR) is 77.6 cm³/mol. The molecule has 0 radical (unpaired) electrons. The molecular formula is C16H16ClFO2. The van der Waals surface area contributed by atoms with Crippen LogP contribution in [0.25, 0.3) is 0 Å². The number of hydrogen-bond donors (Lipinski definition) is 1. The van der Waals surface area contributed by atoms with Crippen LogP contribution in [-0.2, 0) is 6.61 Å². The molecule has 0 heterocycles. The van der Waals surface area contributed by atoms with E-state index in [1.54, 1.807) is 31.2 Å². The zero-order valence-corrected chi connectivity index (χ0v) is 12.1. The molecule has 0 aliphatic carbocycles. The SMILES string of the molecule is Cc1cc(F)ccc1COc1ccc(C(C)O)cc1Cl. The van der Waals surface area contributed by atoms with Gasteiger partial charge in [0, 0.05) is 0 Å². The normalized spacial score (nSPS) is 12.2. The molecule has 0 saturated carbocycles. The molecule has 4 heteroatoms. The fourth-order valence-corrected chi connectivity index (χ4v) is 2.11. The zero-order chi connectivity index (χ0) is 14.7. The topological polar surface area (TPSA) is 29.5 Å². The summed E-state index contributed by atoms with van der Waals surface area (Å²) in [4.78, 5) is 0. The third kappa shape index (κ3) is 3.50. The lowest BCUT2D eigenvalue weighted by Gasteiger charge is -2.12. The molecule has 2 aromatic carbocycles. The summed E-state index contributed by atoms with van der Waals surface area (Å²) in [6, 6.07) is 9.75. The molecule has 0 aromatic heterocycles. The van der Waals surface area contributed by atoms with E-state index >= 15 is 0 Å². The number of aryl methyl sites for hydroxylation is 1. The van der Waals surface area contributed by atoms with E-state index in [1.807, 2.05) is 6.92 Å². The summed E-state index contributed by atoms with van der Waals surface area (Å²) in [5.74, 6) is 0.283. The highest BCUT2D eigenvalue weighted by Crippen LogP contribution is 2.28. The van der Waals surface area contributed by atoms with Gasteiger partial charge in [-0.25, -0.2) is 4.39 Å². The van der Waals surface area contributed by atoms with Crippen LogP contribution in [0.5, 0.6) is 5.75 Å². The van der Waals surface area contributed by atoms with Crippen molar-refractivity contribution in [3.05, 3.63) is 63.9 Å². The van der Waals surface area contributed by atoms with Gasteiger partial charge in [-0.15, -0.1) is 0 Å². The van der Waals surface area contributed by atoms with Gasteiger partial charge in [0.05, 0.1) is 11.1 Å².